The van der Waals surface area contributed by atoms with Crippen LogP contribution in [-0.4, -0.2) is 14.3 Å². The van der Waals surface area contributed by atoms with Gasteiger partial charge in [-0.05, 0) is 30.5 Å². The lowest BCUT2D eigenvalue weighted by Crippen LogP contribution is -2.29. The standard InChI is InChI=1S/C11H15NO3S/c1-8-5-4-6-9(2)11(8)7-16(14,15)12-10(3)13/h4-6H,7H2,1-3H3,(H,12,13). The third-order valence-electron chi connectivity index (χ3n) is 2.28. The maximum atomic E-state index is 11.6. The second-order valence-corrected chi connectivity index (χ2v) is 5.51. The monoisotopic (exact) mass is 241 g/mol. The van der Waals surface area contributed by atoms with Gasteiger partial charge in [-0.3, -0.25) is 9.52 Å². The van der Waals surface area contributed by atoms with E-state index < -0.39 is 15.9 Å². The van der Waals surface area contributed by atoms with Crippen molar-refractivity contribution in [2.45, 2.75) is 26.5 Å². The average Bonchev–Trinajstić information content (AvgIpc) is 2.09. The molecule has 0 unspecified atom stereocenters. The van der Waals surface area contributed by atoms with E-state index in [-0.39, 0.29) is 5.75 Å². The first kappa shape index (κ1) is 12.7. The molecule has 1 aromatic rings. The van der Waals surface area contributed by atoms with Crippen LogP contribution in [0.4, 0.5) is 0 Å². The quantitative estimate of drug-likeness (QED) is 0.866. The normalized spacial score (nSPS) is 11.2. The molecule has 4 nitrogen and oxygen atoms in total. The lowest BCUT2D eigenvalue weighted by molar-refractivity contribution is -0.117. The fourth-order valence-electron chi connectivity index (χ4n) is 1.52. The van der Waals surface area contributed by atoms with Crippen molar-refractivity contribution >= 4 is 15.9 Å². The van der Waals surface area contributed by atoms with Crippen molar-refractivity contribution in [3.63, 3.8) is 0 Å². The van der Waals surface area contributed by atoms with Crippen molar-refractivity contribution in [1.29, 1.82) is 0 Å². The number of carbonyl (C=O) groups excluding carboxylic acids is 1. The summed E-state index contributed by atoms with van der Waals surface area (Å²) in [5.74, 6) is -0.725. The molecule has 0 aromatic heterocycles. The SMILES string of the molecule is CC(=O)NS(=O)(=O)Cc1c(C)cccc1C. The number of hydrogen-bond donors (Lipinski definition) is 1. The number of aryl methyl sites for hydroxylation is 2. The molecule has 0 aliphatic carbocycles. The van der Waals surface area contributed by atoms with Crippen LogP contribution in [0.15, 0.2) is 18.2 Å². The third kappa shape index (κ3) is 3.34. The van der Waals surface area contributed by atoms with Crippen molar-refractivity contribution in [2.75, 3.05) is 0 Å². The van der Waals surface area contributed by atoms with Gasteiger partial charge in [0.2, 0.25) is 15.9 Å². The van der Waals surface area contributed by atoms with Crippen LogP contribution in [0.1, 0.15) is 23.6 Å². The summed E-state index contributed by atoms with van der Waals surface area (Å²) in [6, 6.07) is 5.58. The van der Waals surface area contributed by atoms with E-state index in [1.807, 2.05) is 36.8 Å². The highest BCUT2D eigenvalue weighted by Gasteiger charge is 2.15. The first-order chi connectivity index (χ1) is 7.32. The molecule has 1 N–H and O–H groups in total. The molecule has 16 heavy (non-hydrogen) atoms. The predicted octanol–water partition coefficient (Wildman–Crippen LogP) is 1.27. The van der Waals surface area contributed by atoms with Gasteiger partial charge in [0.05, 0.1) is 5.75 Å². The second kappa shape index (κ2) is 4.65. The Morgan fingerprint density at radius 3 is 2.19 bits per heavy atom. The van der Waals surface area contributed by atoms with Crippen LogP contribution in [0.3, 0.4) is 0 Å². The Morgan fingerprint density at radius 1 is 1.25 bits per heavy atom. The van der Waals surface area contributed by atoms with Gasteiger partial charge in [-0.15, -0.1) is 0 Å². The van der Waals surface area contributed by atoms with Gasteiger partial charge in [-0.2, -0.15) is 0 Å². The van der Waals surface area contributed by atoms with Crippen molar-refractivity contribution in [3.05, 3.63) is 34.9 Å². The highest BCUT2D eigenvalue weighted by atomic mass is 32.2. The van der Waals surface area contributed by atoms with Gasteiger partial charge in [0.15, 0.2) is 0 Å². The molecule has 0 spiro atoms. The van der Waals surface area contributed by atoms with E-state index in [0.717, 1.165) is 16.7 Å². The van der Waals surface area contributed by atoms with Gasteiger partial charge in [0, 0.05) is 6.92 Å². The summed E-state index contributed by atoms with van der Waals surface area (Å²) in [4.78, 5) is 10.7. The minimum absolute atomic E-state index is 0.162. The van der Waals surface area contributed by atoms with E-state index >= 15 is 0 Å². The molecule has 0 heterocycles. The van der Waals surface area contributed by atoms with Gasteiger partial charge in [-0.25, -0.2) is 8.42 Å². The van der Waals surface area contributed by atoms with E-state index in [0.29, 0.717) is 0 Å². The number of benzene rings is 1. The van der Waals surface area contributed by atoms with Crippen LogP contribution in [-0.2, 0) is 20.6 Å². The fourth-order valence-corrected chi connectivity index (χ4v) is 2.87. The molecule has 1 amide bonds. The Bertz CT molecular complexity index is 486. The van der Waals surface area contributed by atoms with Crippen LogP contribution in [0, 0.1) is 13.8 Å². The van der Waals surface area contributed by atoms with Gasteiger partial charge in [0.25, 0.3) is 0 Å². The Hall–Kier alpha value is -1.36. The van der Waals surface area contributed by atoms with Crippen molar-refractivity contribution < 1.29 is 13.2 Å². The van der Waals surface area contributed by atoms with E-state index in [2.05, 4.69) is 0 Å². The lowest BCUT2D eigenvalue weighted by atomic mass is 10.1. The summed E-state index contributed by atoms with van der Waals surface area (Å²) in [6.07, 6.45) is 0. The molecule has 5 heteroatoms. The average molecular weight is 241 g/mol. The van der Waals surface area contributed by atoms with Crippen LogP contribution >= 0.6 is 0 Å². The van der Waals surface area contributed by atoms with Crippen molar-refractivity contribution in [2.24, 2.45) is 0 Å². The smallest absolute Gasteiger partial charge is 0.239 e. The van der Waals surface area contributed by atoms with Gasteiger partial charge >= 0.3 is 0 Å². The minimum Gasteiger partial charge on any atom is -0.274 e. The summed E-state index contributed by atoms with van der Waals surface area (Å²) in [5, 5.41) is 0. The molecule has 0 atom stereocenters. The molecule has 1 aromatic carbocycles. The number of nitrogens with one attached hydrogen (secondary N) is 1. The van der Waals surface area contributed by atoms with Crippen LogP contribution in [0.2, 0.25) is 0 Å². The number of sulfonamides is 1. The first-order valence-corrected chi connectivity index (χ1v) is 6.53. The first-order valence-electron chi connectivity index (χ1n) is 4.88. The van der Waals surface area contributed by atoms with E-state index in [1.54, 1.807) is 0 Å². The molecular weight excluding hydrogens is 226 g/mol. The van der Waals surface area contributed by atoms with E-state index in [4.69, 9.17) is 0 Å². The molecule has 0 aliphatic rings. The molecule has 0 bridgehead atoms. The number of hydrogen-bond acceptors (Lipinski definition) is 3. The van der Waals surface area contributed by atoms with Gasteiger partial charge in [-0.1, -0.05) is 18.2 Å². The third-order valence-corrected chi connectivity index (χ3v) is 3.55. The highest BCUT2D eigenvalue weighted by Crippen LogP contribution is 2.15. The number of amides is 1. The highest BCUT2D eigenvalue weighted by molar-refractivity contribution is 7.89. The minimum atomic E-state index is -3.58. The summed E-state index contributed by atoms with van der Waals surface area (Å²) in [5.41, 5.74) is 2.57. The van der Waals surface area contributed by atoms with E-state index in [9.17, 15) is 13.2 Å². The lowest BCUT2D eigenvalue weighted by Gasteiger charge is -2.10. The molecule has 1 rings (SSSR count). The zero-order valence-corrected chi connectivity index (χ0v) is 10.4. The van der Waals surface area contributed by atoms with Crippen molar-refractivity contribution in [3.8, 4) is 0 Å². The second-order valence-electron chi connectivity index (χ2n) is 3.79. The van der Waals surface area contributed by atoms with E-state index in [1.165, 1.54) is 6.92 Å². The number of rotatable bonds is 3. The maximum Gasteiger partial charge on any atom is 0.239 e. The van der Waals surface area contributed by atoms with Crippen LogP contribution < -0.4 is 4.72 Å². The van der Waals surface area contributed by atoms with Gasteiger partial charge < -0.3 is 0 Å². The summed E-state index contributed by atoms with van der Waals surface area (Å²) in [7, 11) is -3.58. The predicted molar refractivity (Wildman–Crippen MR) is 62.4 cm³/mol. The van der Waals surface area contributed by atoms with Crippen LogP contribution in [0.25, 0.3) is 0 Å². The fraction of sp³-hybridized carbons (Fsp3) is 0.364. The summed E-state index contributed by atoms with van der Waals surface area (Å²) in [6.45, 7) is 4.89. The zero-order chi connectivity index (χ0) is 12.3. The molecule has 88 valence electrons. The number of carbonyl (C=O) groups is 1. The molecule has 0 saturated carbocycles. The Kier molecular flexibility index (Phi) is 3.70. The zero-order valence-electron chi connectivity index (χ0n) is 9.57. The molecule has 0 fully saturated rings. The molecule has 0 aliphatic heterocycles. The Morgan fingerprint density at radius 2 is 1.75 bits per heavy atom. The Labute approximate surface area is 95.7 Å². The van der Waals surface area contributed by atoms with Crippen molar-refractivity contribution in [1.82, 2.24) is 4.72 Å². The summed E-state index contributed by atoms with van der Waals surface area (Å²) >= 11 is 0. The van der Waals surface area contributed by atoms with Crippen LogP contribution in [0.5, 0.6) is 0 Å². The molecule has 0 radical (unpaired) electrons. The molecular formula is C11H15NO3S. The van der Waals surface area contributed by atoms with Gasteiger partial charge in [0.1, 0.15) is 0 Å². The topological polar surface area (TPSA) is 63.2 Å². The largest absolute Gasteiger partial charge is 0.274 e. The Balaban J connectivity index is 3.01. The summed E-state index contributed by atoms with van der Waals surface area (Å²) < 4.78 is 25.1. The maximum absolute atomic E-state index is 11.6. The molecule has 0 saturated heterocycles.